The van der Waals surface area contributed by atoms with Crippen molar-refractivity contribution < 1.29 is 18.8 Å². The summed E-state index contributed by atoms with van der Waals surface area (Å²) in [5.74, 6) is -0.865. The van der Waals surface area contributed by atoms with Gasteiger partial charge in [-0.15, -0.1) is 0 Å². The maximum absolute atomic E-state index is 13.3. The van der Waals surface area contributed by atoms with Gasteiger partial charge in [0.2, 0.25) is 5.60 Å². The fraction of sp³-hybridized carbons (Fsp3) is 0.429. The Hall–Kier alpha value is -1.95. The summed E-state index contributed by atoms with van der Waals surface area (Å²) < 4.78 is 18.3. The second-order valence-corrected chi connectivity index (χ2v) is 4.65. The Morgan fingerprint density at radius 3 is 3.00 bits per heavy atom. The molecule has 1 atom stereocenters. The first-order valence-electron chi connectivity index (χ1n) is 6.45. The van der Waals surface area contributed by atoms with E-state index in [9.17, 15) is 9.18 Å². The standard InChI is InChI=1S/C14H17FN2O3/c1-2-19-13(18)14(8-12(9-16)17-20-14)7-10-4-3-5-11(15)6-10/h3-6H,2,7-9,16H2,1H3. The molecule has 0 radical (unpaired) electrons. The van der Waals surface area contributed by atoms with Crippen molar-refractivity contribution in [2.45, 2.75) is 25.4 Å². The smallest absolute Gasteiger partial charge is 0.354 e. The Morgan fingerprint density at radius 1 is 1.60 bits per heavy atom. The Kier molecular flexibility index (Phi) is 4.34. The van der Waals surface area contributed by atoms with Crippen LogP contribution in [-0.4, -0.2) is 30.4 Å². The van der Waals surface area contributed by atoms with Gasteiger partial charge >= 0.3 is 5.97 Å². The molecular weight excluding hydrogens is 263 g/mol. The van der Waals surface area contributed by atoms with Gasteiger partial charge in [0.25, 0.3) is 0 Å². The van der Waals surface area contributed by atoms with Crippen LogP contribution in [0.15, 0.2) is 29.4 Å². The average Bonchev–Trinajstić information content (AvgIpc) is 2.84. The predicted octanol–water partition coefficient (Wildman–Crippen LogP) is 1.41. The largest absolute Gasteiger partial charge is 0.463 e. The number of hydrogen-bond donors (Lipinski definition) is 1. The van der Waals surface area contributed by atoms with E-state index in [4.69, 9.17) is 15.3 Å². The molecule has 2 N–H and O–H groups in total. The molecule has 20 heavy (non-hydrogen) atoms. The topological polar surface area (TPSA) is 73.9 Å². The Morgan fingerprint density at radius 2 is 2.40 bits per heavy atom. The van der Waals surface area contributed by atoms with E-state index in [2.05, 4.69) is 5.16 Å². The van der Waals surface area contributed by atoms with Crippen LogP contribution >= 0.6 is 0 Å². The molecule has 1 aromatic rings. The molecule has 0 fully saturated rings. The second-order valence-electron chi connectivity index (χ2n) is 4.65. The highest BCUT2D eigenvalue weighted by Crippen LogP contribution is 2.30. The summed E-state index contributed by atoms with van der Waals surface area (Å²) in [5, 5.41) is 3.83. The zero-order valence-electron chi connectivity index (χ0n) is 11.3. The molecule has 0 saturated carbocycles. The summed E-state index contributed by atoms with van der Waals surface area (Å²) >= 11 is 0. The Balaban J connectivity index is 2.22. The first-order valence-corrected chi connectivity index (χ1v) is 6.45. The summed E-state index contributed by atoms with van der Waals surface area (Å²) in [5.41, 5.74) is 5.52. The molecule has 108 valence electrons. The number of benzene rings is 1. The predicted molar refractivity (Wildman–Crippen MR) is 71.7 cm³/mol. The molecule has 1 heterocycles. The molecule has 6 heteroatoms. The van der Waals surface area contributed by atoms with Crippen molar-refractivity contribution >= 4 is 11.7 Å². The summed E-state index contributed by atoms with van der Waals surface area (Å²) in [7, 11) is 0. The van der Waals surface area contributed by atoms with E-state index in [-0.39, 0.29) is 31.8 Å². The van der Waals surface area contributed by atoms with Crippen LogP contribution in [0.25, 0.3) is 0 Å². The lowest BCUT2D eigenvalue weighted by atomic mass is 9.89. The van der Waals surface area contributed by atoms with Gasteiger partial charge in [0.1, 0.15) is 5.82 Å². The third kappa shape index (κ3) is 2.96. The second kappa shape index (κ2) is 6.00. The van der Waals surface area contributed by atoms with Crippen LogP contribution < -0.4 is 5.73 Å². The van der Waals surface area contributed by atoms with E-state index in [0.29, 0.717) is 11.3 Å². The molecule has 0 aliphatic carbocycles. The number of halogens is 1. The molecule has 0 bridgehead atoms. The lowest BCUT2D eigenvalue weighted by Gasteiger charge is -2.24. The van der Waals surface area contributed by atoms with Gasteiger partial charge in [0.15, 0.2) is 0 Å². The highest BCUT2D eigenvalue weighted by molar-refractivity contribution is 5.94. The van der Waals surface area contributed by atoms with E-state index < -0.39 is 11.6 Å². The first-order chi connectivity index (χ1) is 9.59. The summed E-state index contributed by atoms with van der Waals surface area (Å²) in [6.45, 7) is 2.17. The molecule has 1 aromatic carbocycles. The van der Waals surface area contributed by atoms with E-state index in [1.165, 1.54) is 12.1 Å². The Labute approximate surface area is 116 Å². The molecule has 1 aliphatic rings. The lowest BCUT2D eigenvalue weighted by molar-refractivity contribution is -0.168. The number of rotatable bonds is 5. The molecular formula is C14H17FN2O3. The van der Waals surface area contributed by atoms with Crippen molar-refractivity contribution in [3.05, 3.63) is 35.6 Å². The monoisotopic (exact) mass is 280 g/mol. The molecule has 0 aromatic heterocycles. The van der Waals surface area contributed by atoms with Crippen LogP contribution in [0.3, 0.4) is 0 Å². The molecule has 0 spiro atoms. The van der Waals surface area contributed by atoms with Crippen LogP contribution in [0.5, 0.6) is 0 Å². The highest BCUT2D eigenvalue weighted by Gasteiger charge is 2.47. The maximum atomic E-state index is 13.3. The van der Waals surface area contributed by atoms with Crippen molar-refractivity contribution in [3.8, 4) is 0 Å². The number of ether oxygens (including phenoxy) is 1. The number of hydrogen-bond acceptors (Lipinski definition) is 5. The van der Waals surface area contributed by atoms with Gasteiger partial charge < -0.3 is 15.3 Å². The first kappa shape index (κ1) is 14.5. The minimum Gasteiger partial charge on any atom is -0.463 e. The number of esters is 1. The quantitative estimate of drug-likeness (QED) is 0.827. The number of nitrogens with two attached hydrogens (primary N) is 1. The minimum atomic E-state index is -1.24. The molecule has 0 saturated heterocycles. The summed E-state index contributed by atoms with van der Waals surface area (Å²) in [6, 6.07) is 6.03. The van der Waals surface area contributed by atoms with Crippen LogP contribution in [-0.2, 0) is 20.8 Å². The van der Waals surface area contributed by atoms with E-state index in [0.717, 1.165) is 0 Å². The SMILES string of the molecule is CCOC(=O)C1(Cc2cccc(F)c2)CC(CN)=NO1. The van der Waals surface area contributed by atoms with Gasteiger partial charge in [-0.2, -0.15) is 0 Å². The number of oxime groups is 1. The van der Waals surface area contributed by atoms with Crippen LogP contribution in [0.1, 0.15) is 18.9 Å². The molecule has 2 rings (SSSR count). The van der Waals surface area contributed by atoms with E-state index in [1.807, 2.05) is 0 Å². The minimum absolute atomic E-state index is 0.191. The third-order valence-electron chi connectivity index (χ3n) is 3.10. The molecule has 1 unspecified atom stereocenters. The van der Waals surface area contributed by atoms with Crippen LogP contribution in [0.2, 0.25) is 0 Å². The zero-order valence-corrected chi connectivity index (χ0v) is 11.3. The zero-order chi connectivity index (χ0) is 14.6. The van der Waals surface area contributed by atoms with Crippen molar-refractivity contribution in [1.82, 2.24) is 0 Å². The normalized spacial score (nSPS) is 21.2. The van der Waals surface area contributed by atoms with Gasteiger partial charge in [0, 0.05) is 19.4 Å². The third-order valence-corrected chi connectivity index (χ3v) is 3.10. The number of carbonyl (C=O) groups excluding carboxylic acids is 1. The maximum Gasteiger partial charge on any atom is 0.354 e. The van der Waals surface area contributed by atoms with E-state index in [1.54, 1.807) is 19.1 Å². The lowest BCUT2D eigenvalue weighted by Crippen LogP contribution is -2.43. The molecule has 0 amide bonds. The van der Waals surface area contributed by atoms with E-state index >= 15 is 0 Å². The van der Waals surface area contributed by atoms with Crippen molar-refractivity contribution in [2.75, 3.05) is 13.2 Å². The van der Waals surface area contributed by atoms with Gasteiger partial charge in [-0.3, -0.25) is 0 Å². The van der Waals surface area contributed by atoms with Crippen molar-refractivity contribution in [1.29, 1.82) is 0 Å². The van der Waals surface area contributed by atoms with Crippen LogP contribution in [0, 0.1) is 5.82 Å². The molecule has 5 nitrogen and oxygen atoms in total. The van der Waals surface area contributed by atoms with Gasteiger partial charge in [-0.25, -0.2) is 9.18 Å². The van der Waals surface area contributed by atoms with Gasteiger partial charge in [-0.05, 0) is 24.6 Å². The Bertz CT molecular complexity index is 533. The summed E-state index contributed by atoms with van der Waals surface area (Å²) in [4.78, 5) is 17.5. The van der Waals surface area contributed by atoms with Crippen molar-refractivity contribution in [3.63, 3.8) is 0 Å². The number of carbonyl (C=O) groups is 1. The van der Waals surface area contributed by atoms with Crippen LogP contribution in [0.4, 0.5) is 4.39 Å². The average molecular weight is 280 g/mol. The summed E-state index contributed by atoms with van der Waals surface area (Å²) in [6.07, 6.45) is 0.454. The number of nitrogens with zero attached hydrogens (tertiary/aromatic N) is 1. The highest BCUT2D eigenvalue weighted by atomic mass is 19.1. The molecule has 1 aliphatic heterocycles. The fourth-order valence-corrected chi connectivity index (χ4v) is 2.17. The fourth-order valence-electron chi connectivity index (χ4n) is 2.17. The van der Waals surface area contributed by atoms with Gasteiger partial charge in [0.05, 0.1) is 12.3 Å². The van der Waals surface area contributed by atoms with Gasteiger partial charge in [-0.1, -0.05) is 17.3 Å². The van der Waals surface area contributed by atoms with Crippen molar-refractivity contribution in [2.24, 2.45) is 10.9 Å².